The molecule has 0 aromatic heterocycles. The van der Waals surface area contributed by atoms with Crippen LogP contribution < -0.4 is 5.32 Å². The summed E-state index contributed by atoms with van der Waals surface area (Å²) in [7, 11) is -0.674. The molecular weight excluding hydrogens is 254 g/mol. The molecule has 0 bridgehead atoms. The quantitative estimate of drug-likeness (QED) is 0.765. The van der Waals surface area contributed by atoms with Crippen molar-refractivity contribution in [2.45, 2.75) is 39.5 Å². The highest BCUT2D eigenvalue weighted by Gasteiger charge is 2.15. The number of ether oxygens (including phenoxy) is 1. The van der Waals surface area contributed by atoms with Crippen LogP contribution in [-0.2, 0) is 14.9 Å². The van der Waals surface area contributed by atoms with Crippen molar-refractivity contribution in [1.29, 1.82) is 0 Å². The minimum Gasteiger partial charge on any atom is -0.748 e. The number of rotatable bonds is 4. The second-order valence-corrected chi connectivity index (χ2v) is 5.95. The summed E-state index contributed by atoms with van der Waals surface area (Å²) in [5, 5.41) is 2.43. The first kappa shape index (κ1) is 20.2. The molecule has 1 rings (SSSR count). The Hall–Kier alpha value is -0.170. The lowest BCUT2D eigenvalue weighted by Gasteiger charge is -2.00. The van der Waals surface area contributed by atoms with Crippen LogP contribution in [0.1, 0.15) is 39.5 Å². The molecule has 0 aromatic carbocycles. The fourth-order valence-electron chi connectivity index (χ4n) is 1.75. The predicted molar refractivity (Wildman–Crippen MR) is 72.5 cm³/mol. The molecule has 6 heteroatoms. The van der Waals surface area contributed by atoms with Gasteiger partial charge in [0.15, 0.2) is 0 Å². The number of hydrogen-bond donors (Lipinski definition) is 1. The van der Waals surface area contributed by atoms with Gasteiger partial charge in [0, 0.05) is 32.3 Å². The van der Waals surface area contributed by atoms with Crippen LogP contribution in [0.4, 0.5) is 0 Å². The van der Waals surface area contributed by atoms with E-state index in [1.54, 1.807) is 21.1 Å². The topological polar surface area (TPSA) is 83.0 Å². The molecule has 18 heavy (non-hydrogen) atoms. The molecule has 0 aromatic rings. The molecule has 1 aliphatic rings. The SMILES string of the molecule is CCCC1CC[NH2+]C1.CCCS(=O)(=O)[O-].COC. The Morgan fingerprint density at radius 3 is 2.06 bits per heavy atom. The summed E-state index contributed by atoms with van der Waals surface area (Å²) in [5.41, 5.74) is 0. The lowest BCUT2D eigenvalue weighted by Crippen LogP contribution is -2.81. The van der Waals surface area contributed by atoms with E-state index in [2.05, 4.69) is 17.0 Å². The number of hydrogen-bond acceptors (Lipinski definition) is 4. The van der Waals surface area contributed by atoms with Gasteiger partial charge in [-0.2, -0.15) is 0 Å². The van der Waals surface area contributed by atoms with Gasteiger partial charge in [0.1, 0.15) is 0 Å². The van der Waals surface area contributed by atoms with Crippen LogP contribution in [-0.4, -0.2) is 46.0 Å². The van der Waals surface area contributed by atoms with E-state index < -0.39 is 10.1 Å². The van der Waals surface area contributed by atoms with Gasteiger partial charge in [-0.1, -0.05) is 20.3 Å². The van der Waals surface area contributed by atoms with Gasteiger partial charge in [-0.25, -0.2) is 8.42 Å². The van der Waals surface area contributed by atoms with Crippen LogP contribution in [0.2, 0.25) is 0 Å². The van der Waals surface area contributed by atoms with Gasteiger partial charge in [-0.15, -0.1) is 0 Å². The van der Waals surface area contributed by atoms with Gasteiger partial charge in [-0.05, 0) is 12.8 Å². The van der Waals surface area contributed by atoms with E-state index in [0.717, 1.165) is 5.92 Å². The summed E-state index contributed by atoms with van der Waals surface area (Å²) in [6.07, 6.45) is 4.70. The molecule has 112 valence electrons. The van der Waals surface area contributed by atoms with Crippen molar-refractivity contribution < 1.29 is 23.0 Å². The summed E-state index contributed by atoms with van der Waals surface area (Å²) in [4.78, 5) is 0. The summed E-state index contributed by atoms with van der Waals surface area (Å²) in [6, 6.07) is 0. The van der Waals surface area contributed by atoms with Crippen molar-refractivity contribution >= 4 is 10.1 Å². The normalized spacial score (nSPS) is 18.4. The Labute approximate surface area is 112 Å². The smallest absolute Gasteiger partial charge is 0.0945 e. The average molecular weight is 283 g/mol. The van der Waals surface area contributed by atoms with Crippen molar-refractivity contribution in [3.63, 3.8) is 0 Å². The maximum atomic E-state index is 9.68. The Morgan fingerprint density at radius 1 is 1.28 bits per heavy atom. The first-order chi connectivity index (χ1) is 8.41. The van der Waals surface area contributed by atoms with E-state index >= 15 is 0 Å². The molecule has 0 saturated carbocycles. The molecule has 0 amide bonds. The third-order valence-corrected chi connectivity index (χ3v) is 3.34. The zero-order valence-electron chi connectivity index (χ0n) is 12.1. The summed E-state index contributed by atoms with van der Waals surface area (Å²) in [5.74, 6) is 0.812. The molecule has 0 radical (unpaired) electrons. The van der Waals surface area contributed by atoms with Crippen LogP contribution in [0.25, 0.3) is 0 Å². The fourth-order valence-corrected chi connectivity index (χ4v) is 2.25. The fraction of sp³-hybridized carbons (Fsp3) is 1.00. The molecule has 5 nitrogen and oxygen atoms in total. The molecule has 1 fully saturated rings. The zero-order valence-corrected chi connectivity index (χ0v) is 13.0. The molecule has 1 unspecified atom stereocenters. The second-order valence-electron chi connectivity index (χ2n) is 4.43. The third kappa shape index (κ3) is 18.2. The Bertz CT molecular complexity index is 249. The van der Waals surface area contributed by atoms with Crippen molar-refractivity contribution in [1.82, 2.24) is 0 Å². The van der Waals surface area contributed by atoms with E-state index in [-0.39, 0.29) is 5.75 Å². The van der Waals surface area contributed by atoms with Crippen molar-refractivity contribution in [2.75, 3.05) is 33.1 Å². The zero-order chi connectivity index (χ0) is 14.4. The van der Waals surface area contributed by atoms with Crippen molar-refractivity contribution in [3.05, 3.63) is 0 Å². The van der Waals surface area contributed by atoms with Crippen molar-refractivity contribution in [2.24, 2.45) is 5.92 Å². The lowest BCUT2D eigenvalue weighted by atomic mass is 10.0. The van der Waals surface area contributed by atoms with E-state index in [1.807, 2.05) is 0 Å². The van der Waals surface area contributed by atoms with Crippen LogP contribution in [0, 0.1) is 5.92 Å². The average Bonchev–Trinajstić information content (AvgIpc) is 2.71. The largest absolute Gasteiger partial charge is 0.748 e. The minimum atomic E-state index is -3.92. The highest BCUT2D eigenvalue weighted by Crippen LogP contribution is 2.09. The monoisotopic (exact) mass is 283 g/mol. The van der Waals surface area contributed by atoms with Gasteiger partial charge < -0.3 is 14.6 Å². The number of nitrogens with two attached hydrogens (primary N) is 1. The highest BCUT2D eigenvalue weighted by molar-refractivity contribution is 7.85. The summed E-state index contributed by atoms with van der Waals surface area (Å²) >= 11 is 0. The highest BCUT2D eigenvalue weighted by atomic mass is 32.2. The molecule has 1 saturated heterocycles. The molecule has 1 aliphatic heterocycles. The molecule has 1 atom stereocenters. The standard InChI is InChI=1S/C7H15N.C3H8O3S.C2H6O/c1-2-3-7-4-5-8-6-7;1-2-3-7(4,5)6;1-3-2/h7-8H,2-6H2,1H3;2-3H2,1H3,(H,4,5,6);1-2H3. The first-order valence-electron chi connectivity index (χ1n) is 6.56. The Morgan fingerprint density at radius 2 is 1.83 bits per heavy atom. The summed E-state index contributed by atoms with van der Waals surface area (Å²) < 4.78 is 33.3. The molecule has 0 aliphatic carbocycles. The molecule has 0 spiro atoms. The molecular formula is C12H29NO4S. The number of quaternary nitrogens is 1. The van der Waals surface area contributed by atoms with Gasteiger partial charge in [0.25, 0.3) is 0 Å². The maximum absolute atomic E-state index is 9.68. The molecule has 2 N–H and O–H groups in total. The van der Waals surface area contributed by atoms with Gasteiger partial charge in [0.2, 0.25) is 0 Å². The minimum absolute atomic E-state index is 0.243. The second kappa shape index (κ2) is 13.3. The lowest BCUT2D eigenvalue weighted by molar-refractivity contribution is -0.638. The first-order valence-corrected chi connectivity index (χ1v) is 8.14. The Kier molecular flexibility index (Phi) is 14.9. The van der Waals surface area contributed by atoms with E-state index in [1.165, 1.54) is 32.4 Å². The van der Waals surface area contributed by atoms with Gasteiger partial charge in [-0.3, -0.25) is 0 Å². The van der Waals surface area contributed by atoms with Gasteiger partial charge >= 0.3 is 0 Å². The van der Waals surface area contributed by atoms with E-state index in [0.29, 0.717) is 6.42 Å². The van der Waals surface area contributed by atoms with Crippen molar-refractivity contribution in [3.8, 4) is 0 Å². The van der Waals surface area contributed by atoms with Crippen LogP contribution in [0.15, 0.2) is 0 Å². The maximum Gasteiger partial charge on any atom is 0.0945 e. The Balaban J connectivity index is 0. The van der Waals surface area contributed by atoms with Crippen LogP contribution in [0.5, 0.6) is 0 Å². The van der Waals surface area contributed by atoms with Crippen LogP contribution in [0.3, 0.4) is 0 Å². The van der Waals surface area contributed by atoms with Gasteiger partial charge in [0.05, 0.1) is 23.2 Å². The third-order valence-electron chi connectivity index (χ3n) is 2.43. The van der Waals surface area contributed by atoms with Crippen LogP contribution >= 0.6 is 0 Å². The van der Waals surface area contributed by atoms with E-state index in [9.17, 15) is 13.0 Å². The predicted octanol–water partition coefficient (Wildman–Crippen LogP) is 0.574. The molecule has 1 heterocycles. The van der Waals surface area contributed by atoms with E-state index in [4.69, 9.17) is 0 Å². The summed E-state index contributed by atoms with van der Waals surface area (Å²) in [6.45, 7) is 6.70. The number of methoxy groups -OCH3 is 1.